The Morgan fingerprint density at radius 1 is 1.00 bits per heavy atom. The molecule has 20 heavy (non-hydrogen) atoms. The first kappa shape index (κ1) is 13.2. The zero-order valence-corrected chi connectivity index (χ0v) is 12.4. The fourth-order valence-electron chi connectivity index (χ4n) is 3.03. The molecule has 0 N–H and O–H groups in total. The van der Waals surface area contributed by atoms with Gasteiger partial charge >= 0.3 is 0 Å². The average molecular weight is 266 g/mol. The molecule has 0 spiro atoms. The van der Waals surface area contributed by atoms with E-state index in [1.54, 1.807) is 0 Å². The van der Waals surface area contributed by atoms with Crippen molar-refractivity contribution in [1.29, 1.82) is 0 Å². The summed E-state index contributed by atoms with van der Waals surface area (Å²) in [6.45, 7) is 5.25. The highest BCUT2D eigenvalue weighted by Crippen LogP contribution is 2.40. The summed E-state index contributed by atoms with van der Waals surface area (Å²) >= 11 is 0. The maximum Gasteiger partial charge on any atom is 0.122 e. The molecule has 0 heterocycles. The minimum absolute atomic E-state index is 0.834. The van der Waals surface area contributed by atoms with E-state index in [4.69, 9.17) is 4.74 Å². The molecule has 2 aromatic rings. The zero-order valence-electron chi connectivity index (χ0n) is 12.4. The van der Waals surface area contributed by atoms with Crippen molar-refractivity contribution >= 4 is 0 Å². The van der Waals surface area contributed by atoms with Gasteiger partial charge in [-0.1, -0.05) is 50.1 Å². The van der Waals surface area contributed by atoms with E-state index in [2.05, 4.69) is 50.2 Å². The van der Waals surface area contributed by atoms with Crippen LogP contribution in [0.1, 0.15) is 42.9 Å². The van der Waals surface area contributed by atoms with Gasteiger partial charge in [-0.2, -0.15) is 0 Å². The molecular formula is C19H22O. The summed E-state index contributed by atoms with van der Waals surface area (Å²) in [5.41, 5.74) is 6.98. The topological polar surface area (TPSA) is 9.23 Å². The molecular weight excluding hydrogens is 244 g/mol. The Bertz CT molecular complexity index is 613. The summed E-state index contributed by atoms with van der Waals surface area (Å²) in [4.78, 5) is 0. The van der Waals surface area contributed by atoms with Crippen molar-refractivity contribution in [3.05, 3.63) is 53.1 Å². The van der Waals surface area contributed by atoms with Crippen molar-refractivity contribution < 1.29 is 4.74 Å². The van der Waals surface area contributed by atoms with Crippen LogP contribution in [0.4, 0.5) is 0 Å². The average Bonchev–Trinajstić information content (AvgIpc) is 2.85. The molecule has 0 radical (unpaired) electrons. The highest BCUT2D eigenvalue weighted by molar-refractivity contribution is 5.78. The van der Waals surface area contributed by atoms with Crippen LogP contribution in [0, 0.1) is 6.92 Å². The van der Waals surface area contributed by atoms with Crippen LogP contribution in [-0.2, 0) is 6.42 Å². The van der Waals surface area contributed by atoms with Gasteiger partial charge in [-0.05, 0) is 53.6 Å². The molecule has 0 saturated carbocycles. The second-order valence-corrected chi connectivity index (χ2v) is 5.60. The third-order valence-electron chi connectivity index (χ3n) is 4.23. The summed E-state index contributed by atoms with van der Waals surface area (Å²) in [5, 5.41) is 0. The molecule has 0 aromatic heterocycles. The van der Waals surface area contributed by atoms with E-state index in [-0.39, 0.29) is 0 Å². The Hall–Kier alpha value is -1.76. The summed E-state index contributed by atoms with van der Waals surface area (Å²) < 4.78 is 5.96. The summed E-state index contributed by atoms with van der Waals surface area (Å²) in [5.74, 6) is 1.06. The Morgan fingerprint density at radius 3 is 2.70 bits per heavy atom. The molecule has 0 amide bonds. The number of unbranched alkanes of at least 4 members (excludes halogenated alkanes) is 2. The van der Waals surface area contributed by atoms with Crippen LogP contribution in [0.15, 0.2) is 36.4 Å². The number of ether oxygens (including phenoxy) is 1. The second kappa shape index (κ2) is 5.70. The first-order valence-corrected chi connectivity index (χ1v) is 7.65. The standard InChI is InChI=1S/C19H22O/c1-3-4-7-12-20-19-11-10-17-16-9-6-5-8-15(16)13-18(17)14(19)2/h5-6,8-11H,3-4,7,12-13H2,1-2H3. The van der Waals surface area contributed by atoms with Gasteiger partial charge < -0.3 is 4.74 Å². The Kier molecular flexibility index (Phi) is 3.77. The van der Waals surface area contributed by atoms with Crippen molar-refractivity contribution in [1.82, 2.24) is 0 Å². The predicted molar refractivity (Wildman–Crippen MR) is 84.4 cm³/mol. The number of fused-ring (bicyclic) bond motifs is 3. The Balaban J connectivity index is 1.83. The van der Waals surface area contributed by atoms with Crippen LogP contribution < -0.4 is 4.74 Å². The third kappa shape index (κ3) is 2.33. The van der Waals surface area contributed by atoms with E-state index in [1.165, 1.54) is 40.7 Å². The molecule has 1 aliphatic rings. The molecule has 0 atom stereocenters. The highest BCUT2D eigenvalue weighted by atomic mass is 16.5. The van der Waals surface area contributed by atoms with Crippen molar-refractivity contribution in [2.75, 3.05) is 6.61 Å². The molecule has 3 rings (SSSR count). The number of hydrogen-bond donors (Lipinski definition) is 0. The molecule has 1 nitrogen and oxygen atoms in total. The highest BCUT2D eigenvalue weighted by Gasteiger charge is 2.21. The monoisotopic (exact) mass is 266 g/mol. The Morgan fingerprint density at radius 2 is 1.85 bits per heavy atom. The molecule has 2 aromatic carbocycles. The molecule has 0 saturated heterocycles. The van der Waals surface area contributed by atoms with Crippen LogP contribution in [0.25, 0.3) is 11.1 Å². The lowest BCUT2D eigenvalue weighted by Gasteiger charge is -2.12. The smallest absolute Gasteiger partial charge is 0.122 e. The predicted octanol–water partition coefficient (Wildman–Crippen LogP) is 5.14. The third-order valence-corrected chi connectivity index (χ3v) is 4.23. The van der Waals surface area contributed by atoms with Gasteiger partial charge in [0.15, 0.2) is 0 Å². The fourth-order valence-corrected chi connectivity index (χ4v) is 3.03. The molecule has 0 unspecified atom stereocenters. The molecule has 0 aliphatic heterocycles. The molecule has 1 aliphatic carbocycles. The van der Waals surface area contributed by atoms with Crippen LogP contribution in [0.2, 0.25) is 0 Å². The van der Waals surface area contributed by atoms with Gasteiger partial charge in [-0.15, -0.1) is 0 Å². The van der Waals surface area contributed by atoms with Crippen LogP contribution >= 0.6 is 0 Å². The van der Waals surface area contributed by atoms with Gasteiger partial charge in [0.1, 0.15) is 5.75 Å². The van der Waals surface area contributed by atoms with Crippen molar-refractivity contribution in [3.63, 3.8) is 0 Å². The van der Waals surface area contributed by atoms with Gasteiger partial charge in [0.2, 0.25) is 0 Å². The number of benzene rings is 2. The van der Waals surface area contributed by atoms with Crippen LogP contribution in [0.3, 0.4) is 0 Å². The minimum Gasteiger partial charge on any atom is -0.493 e. The van der Waals surface area contributed by atoms with E-state index >= 15 is 0 Å². The van der Waals surface area contributed by atoms with E-state index in [9.17, 15) is 0 Å². The maximum absolute atomic E-state index is 5.96. The normalized spacial score (nSPS) is 12.1. The van der Waals surface area contributed by atoms with E-state index < -0.39 is 0 Å². The largest absolute Gasteiger partial charge is 0.493 e. The van der Waals surface area contributed by atoms with Gasteiger partial charge in [0.25, 0.3) is 0 Å². The van der Waals surface area contributed by atoms with Crippen molar-refractivity contribution in [2.24, 2.45) is 0 Å². The molecule has 0 fully saturated rings. The fraction of sp³-hybridized carbons (Fsp3) is 0.368. The number of hydrogen-bond acceptors (Lipinski definition) is 1. The quantitative estimate of drug-likeness (QED) is 0.581. The summed E-state index contributed by atoms with van der Waals surface area (Å²) in [7, 11) is 0. The SMILES string of the molecule is CCCCCOc1ccc2c(c1C)Cc1ccccc1-2. The lowest BCUT2D eigenvalue weighted by atomic mass is 10.0. The first-order chi connectivity index (χ1) is 9.81. The van der Waals surface area contributed by atoms with Crippen LogP contribution in [-0.4, -0.2) is 6.61 Å². The van der Waals surface area contributed by atoms with Gasteiger partial charge in [-0.3, -0.25) is 0 Å². The lowest BCUT2D eigenvalue weighted by Crippen LogP contribution is -2.00. The number of rotatable bonds is 5. The van der Waals surface area contributed by atoms with Gasteiger partial charge in [-0.25, -0.2) is 0 Å². The van der Waals surface area contributed by atoms with Crippen molar-refractivity contribution in [2.45, 2.75) is 39.5 Å². The van der Waals surface area contributed by atoms with Gasteiger partial charge in [0.05, 0.1) is 6.61 Å². The molecule has 0 bridgehead atoms. The van der Waals surface area contributed by atoms with Crippen molar-refractivity contribution in [3.8, 4) is 16.9 Å². The van der Waals surface area contributed by atoms with E-state index in [0.717, 1.165) is 25.2 Å². The van der Waals surface area contributed by atoms with Gasteiger partial charge in [0, 0.05) is 0 Å². The zero-order chi connectivity index (χ0) is 13.9. The Labute approximate surface area is 121 Å². The second-order valence-electron chi connectivity index (χ2n) is 5.60. The maximum atomic E-state index is 5.96. The minimum atomic E-state index is 0.834. The molecule has 104 valence electrons. The summed E-state index contributed by atoms with van der Waals surface area (Å²) in [6.07, 6.45) is 4.67. The summed E-state index contributed by atoms with van der Waals surface area (Å²) in [6, 6.07) is 13.1. The van der Waals surface area contributed by atoms with E-state index in [0.29, 0.717) is 0 Å². The lowest BCUT2D eigenvalue weighted by molar-refractivity contribution is 0.304. The van der Waals surface area contributed by atoms with E-state index in [1.807, 2.05) is 0 Å². The first-order valence-electron chi connectivity index (χ1n) is 7.65. The van der Waals surface area contributed by atoms with Crippen LogP contribution in [0.5, 0.6) is 5.75 Å². The molecule has 1 heteroatoms.